The Morgan fingerprint density at radius 2 is 1.69 bits per heavy atom. The average Bonchev–Trinajstić information content (AvgIpc) is 3.15. The molecule has 1 atom stereocenters. The molecular formula is C25H28N6O. The highest BCUT2D eigenvalue weighted by atomic mass is 16.2. The minimum absolute atomic E-state index is 0.122. The predicted molar refractivity (Wildman–Crippen MR) is 124 cm³/mol. The lowest BCUT2D eigenvalue weighted by molar-refractivity contribution is -0.129. The van der Waals surface area contributed by atoms with Crippen LogP contribution < -0.4 is 4.90 Å². The van der Waals surface area contributed by atoms with E-state index in [9.17, 15) is 4.79 Å². The summed E-state index contributed by atoms with van der Waals surface area (Å²) in [6.45, 7) is 3.96. The molecule has 1 aromatic heterocycles. The Bertz CT molecular complexity index is 1100. The maximum absolute atomic E-state index is 13.3. The van der Waals surface area contributed by atoms with E-state index in [1.807, 2.05) is 32.7 Å². The molecule has 2 aromatic carbocycles. The van der Waals surface area contributed by atoms with Crippen molar-refractivity contribution >= 4 is 17.6 Å². The quantitative estimate of drug-likeness (QED) is 0.632. The second kappa shape index (κ2) is 8.94. The molecule has 164 valence electrons. The molecule has 0 saturated carbocycles. The third kappa shape index (κ3) is 4.02. The van der Waals surface area contributed by atoms with Crippen LogP contribution in [-0.2, 0) is 4.79 Å². The van der Waals surface area contributed by atoms with Gasteiger partial charge in [0.1, 0.15) is 12.6 Å². The van der Waals surface area contributed by atoms with Crippen LogP contribution in [-0.4, -0.2) is 50.6 Å². The van der Waals surface area contributed by atoms with Crippen molar-refractivity contribution in [1.29, 1.82) is 0 Å². The molecule has 0 bridgehead atoms. The summed E-state index contributed by atoms with van der Waals surface area (Å²) >= 11 is 0. The molecule has 32 heavy (non-hydrogen) atoms. The Hall–Kier alpha value is -3.48. The lowest BCUT2D eigenvalue weighted by atomic mass is 10.00. The smallest absolute Gasteiger partial charge is 0.251 e. The van der Waals surface area contributed by atoms with Crippen LogP contribution in [0.3, 0.4) is 0 Å². The lowest BCUT2D eigenvalue weighted by Crippen LogP contribution is -2.42. The molecule has 1 saturated heterocycles. The van der Waals surface area contributed by atoms with E-state index in [-0.39, 0.29) is 18.5 Å². The number of likely N-dealkylation sites (tertiary alicyclic amines) is 1. The number of hydrogen-bond donors (Lipinski definition) is 0. The van der Waals surface area contributed by atoms with Crippen molar-refractivity contribution in [2.45, 2.75) is 38.6 Å². The summed E-state index contributed by atoms with van der Waals surface area (Å²) in [4.78, 5) is 17.3. The standard InChI is InChI=1S/C25H28N6O/c1-19-11-13-21(14-12-19)23-17-22(20-9-5-4-6-10-20)30(25-26-27-28-31(23)25)18-24(32)29-15-7-2-3-8-16-29/h4-6,9-14,17,23H,2-3,7-8,15-16,18H2,1H3. The molecule has 2 aliphatic rings. The first-order chi connectivity index (χ1) is 15.7. The number of carbonyl (C=O) groups excluding carboxylic acids is 1. The molecule has 0 radical (unpaired) electrons. The maximum atomic E-state index is 13.3. The van der Waals surface area contributed by atoms with Crippen LogP contribution in [0.2, 0.25) is 0 Å². The van der Waals surface area contributed by atoms with Crippen molar-refractivity contribution in [2.24, 2.45) is 0 Å². The first-order valence-electron chi connectivity index (χ1n) is 11.4. The van der Waals surface area contributed by atoms with Gasteiger partial charge in [0.05, 0.1) is 5.70 Å². The number of carbonyl (C=O) groups is 1. The summed E-state index contributed by atoms with van der Waals surface area (Å²) in [7, 11) is 0. The van der Waals surface area contributed by atoms with Crippen molar-refractivity contribution in [3.05, 3.63) is 77.4 Å². The summed E-state index contributed by atoms with van der Waals surface area (Å²) in [5.41, 5.74) is 4.32. The van der Waals surface area contributed by atoms with Crippen LogP contribution in [0.1, 0.15) is 48.4 Å². The molecule has 3 aromatic rings. The molecule has 7 nitrogen and oxygen atoms in total. The van der Waals surface area contributed by atoms with Crippen LogP contribution in [0, 0.1) is 6.92 Å². The molecular weight excluding hydrogens is 400 g/mol. The molecule has 3 heterocycles. The highest BCUT2D eigenvalue weighted by Crippen LogP contribution is 2.36. The van der Waals surface area contributed by atoms with Gasteiger partial charge in [0.15, 0.2) is 0 Å². The maximum Gasteiger partial charge on any atom is 0.251 e. The highest BCUT2D eigenvalue weighted by Gasteiger charge is 2.32. The number of allylic oxidation sites excluding steroid dienone is 1. The van der Waals surface area contributed by atoms with E-state index >= 15 is 0 Å². The van der Waals surface area contributed by atoms with E-state index in [1.165, 1.54) is 18.4 Å². The first-order valence-corrected chi connectivity index (χ1v) is 11.4. The van der Waals surface area contributed by atoms with E-state index in [0.29, 0.717) is 5.95 Å². The number of fused-ring (bicyclic) bond motifs is 1. The number of aryl methyl sites for hydroxylation is 1. The normalized spacial score (nSPS) is 18.7. The molecule has 0 spiro atoms. The van der Waals surface area contributed by atoms with Crippen LogP contribution in [0.15, 0.2) is 60.7 Å². The van der Waals surface area contributed by atoms with Crippen molar-refractivity contribution in [1.82, 2.24) is 25.1 Å². The fourth-order valence-corrected chi connectivity index (χ4v) is 4.54. The van der Waals surface area contributed by atoms with Gasteiger partial charge >= 0.3 is 0 Å². The van der Waals surface area contributed by atoms with Crippen molar-refractivity contribution in [3.8, 4) is 0 Å². The van der Waals surface area contributed by atoms with Gasteiger partial charge in [-0.05, 0) is 47.4 Å². The van der Waals surface area contributed by atoms with E-state index in [1.54, 1.807) is 0 Å². The summed E-state index contributed by atoms with van der Waals surface area (Å²) in [5, 5.41) is 12.6. The van der Waals surface area contributed by atoms with Crippen LogP contribution >= 0.6 is 0 Å². The molecule has 1 amide bonds. The summed E-state index contributed by atoms with van der Waals surface area (Å²) in [6, 6.07) is 18.5. The van der Waals surface area contributed by atoms with Crippen molar-refractivity contribution in [3.63, 3.8) is 0 Å². The Morgan fingerprint density at radius 3 is 2.41 bits per heavy atom. The number of aromatic nitrogens is 4. The highest BCUT2D eigenvalue weighted by molar-refractivity contribution is 5.89. The van der Waals surface area contributed by atoms with Gasteiger partial charge in [-0.2, -0.15) is 4.68 Å². The van der Waals surface area contributed by atoms with Crippen molar-refractivity contribution < 1.29 is 4.79 Å². The monoisotopic (exact) mass is 428 g/mol. The third-order valence-corrected chi connectivity index (χ3v) is 6.33. The topological polar surface area (TPSA) is 67.2 Å². The third-order valence-electron chi connectivity index (χ3n) is 6.33. The van der Waals surface area contributed by atoms with Gasteiger partial charge in [-0.25, -0.2) is 0 Å². The molecule has 2 aliphatic heterocycles. The van der Waals surface area contributed by atoms with Crippen LogP contribution in [0.5, 0.6) is 0 Å². The second-order valence-corrected chi connectivity index (χ2v) is 8.58. The Kier molecular flexibility index (Phi) is 5.71. The number of hydrogen-bond acceptors (Lipinski definition) is 5. The molecule has 7 heteroatoms. The zero-order valence-corrected chi connectivity index (χ0v) is 18.4. The summed E-state index contributed by atoms with van der Waals surface area (Å²) in [6.07, 6.45) is 6.69. The molecule has 0 N–H and O–H groups in total. The fourth-order valence-electron chi connectivity index (χ4n) is 4.54. The molecule has 1 unspecified atom stereocenters. The van der Waals surface area contributed by atoms with E-state index in [4.69, 9.17) is 0 Å². The molecule has 5 rings (SSSR count). The number of amides is 1. The van der Waals surface area contributed by atoms with Gasteiger partial charge in [0, 0.05) is 13.1 Å². The first kappa shape index (κ1) is 20.4. The van der Waals surface area contributed by atoms with E-state index < -0.39 is 0 Å². The minimum Gasteiger partial charge on any atom is -0.341 e. The molecule has 1 fully saturated rings. The summed E-state index contributed by atoms with van der Waals surface area (Å²) < 4.78 is 1.81. The Balaban J connectivity index is 1.54. The second-order valence-electron chi connectivity index (χ2n) is 8.58. The number of rotatable bonds is 4. The van der Waals surface area contributed by atoms with Gasteiger partial charge < -0.3 is 4.90 Å². The predicted octanol–water partition coefficient (Wildman–Crippen LogP) is 3.83. The van der Waals surface area contributed by atoms with Crippen molar-refractivity contribution in [2.75, 3.05) is 24.5 Å². The summed E-state index contributed by atoms with van der Waals surface area (Å²) in [5.74, 6) is 0.720. The zero-order valence-electron chi connectivity index (χ0n) is 18.4. The van der Waals surface area contributed by atoms with Gasteiger partial charge in [-0.3, -0.25) is 9.69 Å². The number of tetrazole rings is 1. The van der Waals surface area contributed by atoms with Gasteiger partial charge in [0.25, 0.3) is 5.95 Å². The van der Waals surface area contributed by atoms with E-state index in [2.05, 4.69) is 64.9 Å². The van der Waals surface area contributed by atoms with Crippen LogP contribution in [0.4, 0.5) is 5.95 Å². The van der Waals surface area contributed by atoms with Gasteiger partial charge in [0.2, 0.25) is 5.91 Å². The number of nitrogens with zero attached hydrogens (tertiary/aromatic N) is 6. The minimum atomic E-state index is -0.139. The molecule has 0 aliphatic carbocycles. The van der Waals surface area contributed by atoms with Gasteiger partial charge in [-0.15, -0.1) is 0 Å². The number of benzene rings is 2. The zero-order chi connectivity index (χ0) is 21.9. The average molecular weight is 429 g/mol. The van der Waals surface area contributed by atoms with Crippen LogP contribution in [0.25, 0.3) is 5.70 Å². The largest absolute Gasteiger partial charge is 0.341 e. The SMILES string of the molecule is Cc1ccc(C2C=C(c3ccccc3)N(CC(=O)N3CCCCCC3)c3nnnn32)cc1. The lowest BCUT2D eigenvalue weighted by Gasteiger charge is -2.34. The van der Waals surface area contributed by atoms with E-state index in [0.717, 1.165) is 42.8 Å². The fraction of sp³-hybridized carbons (Fsp3) is 0.360. The van der Waals surface area contributed by atoms with Gasteiger partial charge in [-0.1, -0.05) is 78.1 Å². The Labute approximate surface area is 188 Å². The Morgan fingerprint density at radius 1 is 0.969 bits per heavy atom. The number of anilines is 1.